The SMILES string of the molecule is CNC(=O)C(=O)[C@H](C[C@@H]1CCCNC1=O)NC(=O)[C@H](CC1CCC1)N(C)C(=O)[C@H](NC(=O)C(C)(C)C)C1CCCC1. The number of rotatable bonds is 12. The van der Waals surface area contributed by atoms with Gasteiger partial charge >= 0.3 is 0 Å². The Kier molecular flexibility index (Phi) is 11.3. The van der Waals surface area contributed by atoms with Gasteiger partial charge in [0.1, 0.15) is 12.1 Å². The van der Waals surface area contributed by atoms with E-state index in [9.17, 15) is 28.8 Å². The molecular weight excluding hydrogens is 526 g/mol. The Morgan fingerprint density at radius 2 is 1.59 bits per heavy atom. The molecule has 41 heavy (non-hydrogen) atoms. The molecule has 0 unspecified atom stereocenters. The van der Waals surface area contributed by atoms with Crippen molar-refractivity contribution in [1.82, 2.24) is 26.2 Å². The largest absolute Gasteiger partial charge is 0.356 e. The van der Waals surface area contributed by atoms with E-state index in [0.29, 0.717) is 19.4 Å². The lowest BCUT2D eigenvalue weighted by atomic mass is 9.80. The molecule has 3 rings (SSSR count). The van der Waals surface area contributed by atoms with Gasteiger partial charge in [-0.05, 0) is 50.4 Å². The standard InChI is InChI=1S/C30H49N5O6/c1-30(2,3)29(41)34-23(19-12-6-7-13-19)28(40)35(5)22(16-18-10-8-11-18)26(38)33-21(24(36)27(39)31-4)17-20-14-9-15-32-25(20)37/h18-23H,6-17H2,1-5H3,(H,31,39)(H,32,37)(H,33,38)(H,34,41)/t20-,21-,22-,23+/m0/s1. The van der Waals surface area contributed by atoms with Gasteiger partial charge in [0, 0.05) is 32.0 Å². The van der Waals surface area contributed by atoms with Crippen molar-refractivity contribution >= 4 is 35.3 Å². The second kappa shape index (κ2) is 14.3. The molecular formula is C30H49N5O6. The van der Waals surface area contributed by atoms with Gasteiger partial charge in [0.05, 0.1) is 6.04 Å². The Balaban J connectivity index is 1.84. The van der Waals surface area contributed by atoms with Crippen LogP contribution in [0.4, 0.5) is 0 Å². The molecule has 0 aromatic carbocycles. The first-order valence-electron chi connectivity index (χ1n) is 15.2. The van der Waals surface area contributed by atoms with Gasteiger partial charge < -0.3 is 26.2 Å². The lowest BCUT2D eigenvalue weighted by molar-refractivity contribution is -0.146. The highest BCUT2D eigenvalue weighted by molar-refractivity contribution is 6.38. The number of hydrogen-bond acceptors (Lipinski definition) is 6. The van der Waals surface area contributed by atoms with Gasteiger partial charge in [-0.2, -0.15) is 0 Å². The van der Waals surface area contributed by atoms with Crippen molar-refractivity contribution < 1.29 is 28.8 Å². The molecule has 11 nitrogen and oxygen atoms in total. The Morgan fingerprint density at radius 1 is 0.927 bits per heavy atom. The summed E-state index contributed by atoms with van der Waals surface area (Å²) in [7, 11) is 2.92. The summed E-state index contributed by atoms with van der Waals surface area (Å²) < 4.78 is 0. The van der Waals surface area contributed by atoms with Crippen molar-refractivity contribution in [2.45, 2.75) is 110 Å². The minimum atomic E-state index is -1.20. The molecule has 4 N–H and O–H groups in total. The van der Waals surface area contributed by atoms with Crippen LogP contribution in [0.1, 0.15) is 91.4 Å². The maximum Gasteiger partial charge on any atom is 0.289 e. The van der Waals surface area contributed by atoms with Crippen LogP contribution in [0.3, 0.4) is 0 Å². The number of carbonyl (C=O) groups excluding carboxylic acids is 6. The summed E-state index contributed by atoms with van der Waals surface area (Å²) in [5.41, 5.74) is -0.683. The monoisotopic (exact) mass is 575 g/mol. The van der Waals surface area contributed by atoms with Crippen LogP contribution in [-0.2, 0) is 28.8 Å². The number of Topliss-reactive ketones (excluding diaryl/α,β-unsaturated/α-hetero) is 1. The van der Waals surface area contributed by atoms with Gasteiger partial charge in [0.15, 0.2) is 0 Å². The van der Waals surface area contributed by atoms with E-state index >= 15 is 0 Å². The zero-order valence-corrected chi connectivity index (χ0v) is 25.3. The normalized spacial score (nSPS) is 22.0. The van der Waals surface area contributed by atoms with Crippen LogP contribution in [0.25, 0.3) is 0 Å². The first-order valence-corrected chi connectivity index (χ1v) is 15.2. The number of ketones is 1. The number of hydrogen-bond donors (Lipinski definition) is 4. The molecule has 4 atom stereocenters. The van der Waals surface area contributed by atoms with Gasteiger partial charge in [-0.3, -0.25) is 28.8 Å². The summed E-state index contributed by atoms with van der Waals surface area (Å²) in [5.74, 6) is -3.22. The number of likely N-dealkylation sites (N-methyl/N-ethyl adjacent to an activating group) is 2. The third-order valence-electron chi connectivity index (χ3n) is 9.01. The average Bonchev–Trinajstić information content (AvgIpc) is 3.44. The van der Waals surface area contributed by atoms with Gasteiger partial charge in [0.2, 0.25) is 29.4 Å². The van der Waals surface area contributed by atoms with Crippen LogP contribution in [0.5, 0.6) is 0 Å². The predicted molar refractivity (Wildman–Crippen MR) is 153 cm³/mol. The fourth-order valence-electron chi connectivity index (χ4n) is 6.01. The Morgan fingerprint density at radius 3 is 2.12 bits per heavy atom. The number of nitrogens with one attached hydrogen (secondary N) is 4. The zero-order chi connectivity index (χ0) is 30.3. The highest BCUT2D eigenvalue weighted by Crippen LogP contribution is 2.33. The van der Waals surface area contributed by atoms with Gasteiger partial charge in [-0.25, -0.2) is 0 Å². The number of carbonyl (C=O) groups is 6. The smallest absolute Gasteiger partial charge is 0.289 e. The van der Waals surface area contributed by atoms with Crippen LogP contribution in [0.15, 0.2) is 0 Å². The lowest BCUT2D eigenvalue weighted by Gasteiger charge is -2.37. The molecule has 3 aliphatic rings. The minimum Gasteiger partial charge on any atom is -0.356 e. The van der Waals surface area contributed by atoms with Crippen molar-refractivity contribution in [3.63, 3.8) is 0 Å². The van der Waals surface area contributed by atoms with Crippen molar-refractivity contribution in [1.29, 1.82) is 0 Å². The van der Waals surface area contributed by atoms with E-state index in [1.165, 1.54) is 11.9 Å². The second-order valence-corrected chi connectivity index (χ2v) is 13.1. The average molecular weight is 576 g/mol. The molecule has 2 saturated carbocycles. The molecule has 230 valence electrons. The summed E-state index contributed by atoms with van der Waals surface area (Å²) in [6.45, 7) is 5.95. The fourth-order valence-corrected chi connectivity index (χ4v) is 6.01. The molecule has 1 aliphatic heterocycles. The maximum absolute atomic E-state index is 14.0. The molecule has 11 heteroatoms. The van der Waals surface area contributed by atoms with Gasteiger partial charge in [-0.1, -0.05) is 52.9 Å². The van der Waals surface area contributed by atoms with E-state index in [1.54, 1.807) is 27.8 Å². The highest BCUT2D eigenvalue weighted by atomic mass is 16.2. The second-order valence-electron chi connectivity index (χ2n) is 13.1. The topological polar surface area (TPSA) is 154 Å². The minimum absolute atomic E-state index is 0.00394. The van der Waals surface area contributed by atoms with E-state index < -0.39 is 47.1 Å². The number of piperidine rings is 1. The van der Waals surface area contributed by atoms with Crippen LogP contribution < -0.4 is 21.3 Å². The lowest BCUT2D eigenvalue weighted by Crippen LogP contribution is -2.59. The van der Waals surface area contributed by atoms with Crippen molar-refractivity contribution in [2.75, 3.05) is 20.6 Å². The van der Waals surface area contributed by atoms with E-state index in [4.69, 9.17) is 0 Å². The van der Waals surface area contributed by atoms with Gasteiger partial charge in [0.25, 0.3) is 5.91 Å². The van der Waals surface area contributed by atoms with Gasteiger partial charge in [-0.15, -0.1) is 0 Å². The first-order chi connectivity index (χ1) is 19.3. The number of nitrogens with zero attached hydrogens (tertiary/aromatic N) is 1. The summed E-state index contributed by atoms with van der Waals surface area (Å²) in [6, 6.07) is -2.83. The summed E-state index contributed by atoms with van der Waals surface area (Å²) in [6.07, 6.45) is 8.27. The molecule has 0 spiro atoms. The molecule has 0 aromatic rings. The van der Waals surface area contributed by atoms with E-state index in [0.717, 1.165) is 51.4 Å². The van der Waals surface area contributed by atoms with E-state index in [-0.39, 0.29) is 36.0 Å². The highest BCUT2D eigenvalue weighted by Gasteiger charge is 2.41. The van der Waals surface area contributed by atoms with Crippen LogP contribution in [-0.4, -0.2) is 79.0 Å². The maximum atomic E-state index is 14.0. The molecule has 0 bridgehead atoms. The quantitative estimate of drug-likeness (QED) is 0.258. The molecule has 0 aromatic heterocycles. The molecule has 1 saturated heterocycles. The molecule has 0 radical (unpaired) electrons. The Labute approximate surface area is 243 Å². The van der Waals surface area contributed by atoms with Crippen molar-refractivity contribution in [3.05, 3.63) is 0 Å². The summed E-state index contributed by atoms with van der Waals surface area (Å²) in [4.78, 5) is 80.0. The molecule has 3 fully saturated rings. The third kappa shape index (κ3) is 8.52. The zero-order valence-electron chi connectivity index (χ0n) is 25.3. The Bertz CT molecular complexity index is 998. The predicted octanol–water partition coefficient (Wildman–Crippen LogP) is 1.44. The van der Waals surface area contributed by atoms with Crippen molar-refractivity contribution in [2.24, 2.45) is 23.2 Å². The molecule has 2 aliphatic carbocycles. The first kappa shape index (κ1) is 32.5. The fraction of sp³-hybridized carbons (Fsp3) is 0.800. The van der Waals surface area contributed by atoms with Crippen LogP contribution in [0.2, 0.25) is 0 Å². The van der Waals surface area contributed by atoms with Crippen LogP contribution in [0, 0.1) is 23.2 Å². The van der Waals surface area contributed by atoms with Crippen LogP contribution >= 0.6 is 0 Å². The van der Waals surface area contributed by atoms with Crippen molar-refractivity contribution in [3.8, 4) is 0 Å². The number of amides is 5. The third-order valence-corrected chi connectivity index (χ3v) is 9.01. The van der Waals surface area contributed by atoms with E-state index in [2.05, 4.69) is 21.3 Å². The molecule has 1 heterocycles. The molecule has 5 amide bonds. The van der Waals surface area contributed by atoms with E-state index in [1.807, 2.05) is 0 Å². The Hall–Kier alpha value is -2.98. The summed E-state index contributed by atoms with van der Waals surface area (Å²) in [5, 5.41) is 10.8. The summed E-state index contributed by atoms with van der Waals surface area (Å²) >= 11 is 0.